The van der Waals surface area contributed by atoms with E-state index < -0.39 is 0 Å². The van der Waals surface area contributed by atoms with E-state index in [9.17, 15) is 9.59 Å². The molecule has 1 aromatic rings. The van der Waals surface area contributed by atoms with E-state index in [1.54, 1.807) is 19.2 Å². The predicted octanol–water partition coefficient (Wildman–Crippen LogP) is 1.08. The van der Waals surface area contributed by atoms with Gasteiger partial charge in [0.25, 0.3) is 5.91 Å². The van der Waals surface area contributed by atoms with Crippen molar-refractivity contribution in [2.24, 2.45) is 5.41 Å². The molecule has 1 atom stereocenters. The van der Waals surface area contributed by atoms with Crippen molar-refractivity contribution in [3.8, 4) is 0 Å². The highest BCUT2D eigenvalue weighted by Crippen LogP contribution is 2.24. The molecule has 1 aromatic carbocycles. The molecule has 1 aliphatic heterocycles. The Balaban J connectivity index is 0.00000220. The van der Waals surface area contributed by atoms with Crippen LogP contribution in [0.5, 0.6) is 0 Å². The minimum absolute atomic E-state index is 0. The molecular formula is C15H22ClN3O2. The molecule has 2 amide bonds. The Hall–Kier alpha value is -1.59. The van der Waals surface area contributed by atoms with Crippen LogP contribution in [-0.2, 0) is 11.3 Å². The lowest BCUT2D eigenvalue weighted by Gasteiger charge is -2.21. The Morgan fingerprint density at radius 1 is 1.29 bits per heavy atom. The van der Waals surface area contributed by atoms with E-state index in [0.717, 1.165) is 25.1 Å². The molecule has 2 rings (SSSR count). The second-order valence-corrected chi connectivity index (χ2v) is 5.45. The van der Waals surface area contributed by atoms with E-state index in [-0.39, 0.29) is 29.6 Å². The number of rotatable bonds is 4. The second-order valence-electron chi connectivity index (χ2n) is 5.45. The molecule has 3 N–H and O–H groups in total. The molecule has 0 saturated carbocycles. The summed E-state index contributed by atoms with van der Waals surface area (Å²) >= 11 is 0. The van der Waals surface area contributed by atoms with Crippen LogP contribution in [0.3, 0.4) is 0 Å². The van der Waals surface area contributed by atoms with Crippen LogP contribution in [-0.4, -0.2) is 32.0 Å². The number of hydrogen-bond acceptors (Lipinski definition) is 3. The molecular weight excluding hydrogens is 290 g/mol. The highest BCUT2D eigenvalue weighted by molar-refractivity contribution is 5.93. The van der Waals surface area contributed by atoms with E-state index in [1.807, 2.05) is 19.1 Å². The van der Waals surface area contributed by atoms with Gasteiger partial charge in [0, 0.05) is 25.7 Å². The van der Waals surface area contributed by atoms with Gasteiger partial charge in [-0.2, -0.15) is 0 Å². The summed E-state index contributed by atoms with van der Waals surface area (Å²) in [5.74, 6) is -0.0250. The molecule has 1 unspecified atom stereocenters. The standard InChI is InChI=1S/C15H21N3O2.ClH/c1-15(7-8-17-10-15)14(20)18-9-11-3-5-12(6-4-11)13(19)16-2;/h3-6,17H,7-10H2,1-2H3,(H,16,19)(H,18,20);1H. The molecule has 1 saturated heterocycles. The average molecular weight is 312 g/mol. The number of carbonyl (C=O) groups is 2. The highest BCUT2D eigenvalue weighted by atomic mass is 35.5. The number of benzene rings is 1. The van der Waals surface area contributed by atoms with Crippen LogP contribution in [0.1, 0.15) is 29.3 Å². The lowest BCUT2D eigenvalue weighted by Crippen LogP contribution is -2.40. The van der Waals surface area contributed by atoms with Crippen molar-refractivity contribution in [2.75, 3.05) is 20.1 Å². The van der Waals surface area contributed by atoms with Crippen molar-refractivity contribution in [3.05, 3.63) is 35.4 Å². The number of nitrogens with one attached hydrogen (secondary N) is 3. The summed E-state index contributed by atoms with van der Waals surface area (Å²) in [6.45, 7) is 4.10. The van der Waals surface area contributed by atoms with E-state index in [0.29, 0.717) is 12.1 Å². The van der Waals surface area contributed by atoms with Gasteiger partial charge in [0.1, 0.15) is 0 Å². The highest BCUT2D eigenvalue weighted by Gasteiger charge is 2.35. The van der Waals surface area contributed by atoms with Gasteiger partial charge in [-0.15, -0.1) is 12.4 Å². The molecule has 0 spiro atoms. The van der Waals surface area contributed by atoms with Crippen LogP contribution in [0.15, 0.2) is 24.3 Å². The fourth-order valence-corrected chi connectivity index (χ4v) is 2.32. The monoisotopic (exact) mass is 311 g/mol. The van der Waals surface area contributed by atoms with Gasteiger partial charge in [0.2, 0.25) is 5.91 Å². The van der Waals surface area contributed by atoms with Crippen LogP contribution in [0.25, 0.3) is 0 Å². The summed E-state index contributed by atoms with van der Waals surface area (Å²) in [6, 6.07) is 7.25. The van der Waals surface area contributed by atoms with E-state index in [4.69, 9.17) is 0 Å². The van der Waals surface area contributed by atoms with Gasteiger partial charge in [-0.1, -0.05) is 12.1 Å². The van der Waals surface area contributed by atoms with Crippen LogP contribution in [0, 0.1) is 5.41 Å². The van der Waals surface area contributed by atoms with Gasteiger partial charge in [0.15, 0.2) is 0 Å². The smallest absolute Gasteiger partial charge is 0.251 e. The van der Waals surface area contributed by atoms with Crippen molar-refractivity contribution < 1.29 is 9.59 Å². The van der Waals surface area contributed by atoms with Crippen LogP contribution >= 0.6 is 12.4 Å². The van der Waals surface area contributed by atoms with Crippen molar-refractivity contribution >= 4 is 24.2 Å². The van der Waals surface area contributed by atoms with Gasteiger partial charge < -0.3 is 16.0 Å². The predicted molar refractivity (Wildman–Crippen MR) is 84.5 cm³/mol. The third-order valence-electron chi connectivity index (χ3n) is 3.81. The Bertz CT molecular complexity index is 496. The third-order valence-corrected chi connectivity index (χ3v) is 3.81. The maximum atomic E-state index is 12.1. The maximum absolute atomic E-state index is 12.1. The molecule has 1 fully saturated rings. The lowest BCUT2D eigenvalue weighted by atomic mass is 9.89. The fourth-order valence-electron chi connectivity index (χ4n) is 2.32. The van der Waals surface area contributed by atoms with Gasteiger partial charge in [0.05, 0.1) is 5.41 Å². The van der Waals surface area contributed by atoms with Gasteiger partial charge in [-0.25, -0.2) is 0 Å². The minimum Gasteiger partial charge on any atom is -0.355 e. The molecule has 116 valence electrons. The molecule has 0 aliphatic carbocycles. The SMILES string of the molecule is CNC(=O)c1ccc(CNC(=O)C2(C)CCNC2)cc1.Cl. The molecule has 6 heteroatoms. The quantitative estimate of drug-likeness (QED) is 0.779. The Morgan fingerprint density at radius 3 is 2.48 bits per heavy atom. The summed E-state index contributed by atoms with van der Waals surface area (Å²) in [6.07, 6.45) is 0.869. The Kier molecular flexibility index (Phi) is 6.18. The molecule has 1 heterocycles. The maximum Gasteiger partial charge on any atom is 0.251 e. The minimum atomic E-state index is -0.304. The first-order valence-electron chi connectivity index (χ1n) is 6.85. The van der Waals surface area contributed by atoms with Crippen LogP contribution in [0.2, 0.25) is 0 Å². The van der Waals surface area contributed by atoms with E-state index in [2.05, 4.69) is 16.0 Å². The lowest BCUT2D eigenvalue weighted by molar-refractivity contribution is -0.129. The van der Waals surface area contributed by atoms with Gasteiger partial charge in [-0.3, -0.25) is 9.59 Å². The van der Waals surface area contributed by atoms with E-state index in [1.165, 1.54) is 0 Å². The fraction of sp³-hybridized carbons (Fsp3) is 0.467. The third kappa shape index (κ3) is 4.19. The Labute approximate surface area is 131 Å². The number of hydrogen-bond donors (Lipinski definition) is 3. The van der Waals surface area contributed by atoms with Crippen LogP contribution < -0.4 is 16.0 Å². The Morgan fingerprint density at radius 2 is 1.95 bits per heavy atom. The van der Waals surface area contributed by atoms with Crippen molar-refractivity contribution in [2.45, 2.75) is 19.9 Å². The normalized spacial score (nSPS) is 20.5. The molecule has 0 bridgehead atoms. The van der Waals surface area contributed by atoms with Crippen molar-refractivity contribution in [3.63, 3.8) is 0 Å². The first kappa shape index (κ1) is 17.5. The second kappa shape index (κ2) is 7.43. The molecule has 1 aliphatic rings. The first-order valence-corrected chi connectivity index (χ1v) is 6.85. The average Bonchev–Trinajstić information content (AvgIpc) is 2.92. The largest absolute Gasteiger partial charge is 0.355 e. The number of halogens is 1. The molecule has 21 heavy (non-hydrogen) atoms. The zero-order valence-corrected chi connectivity index (χ0v) is 13.2. The van der Waals surface area contributed by atoms with Crippen molar-refractivity contribution in [1.29, 1.82) is 0 Å². The zero-order chi connectivity index (χ0) is 14.6. The topological polar surface area (TPSA) is 70.2 Å². The summed E-state index contributed by atoms with van der Waals surface area (Å²) < 4.78 is 0. The molecule has 5 nitrogen and oxygen atoms in total. The van der Waals surface area contributed by atoms with Gasteiger partial charge in [-0.05, 0) is 37.6 Å². The van der Waals surface area contributed by atoms with Crippen molar-refractivity contribution in [1.82, 2.24) is 16.0 Å². The first-order chi connectivity index (χ1) is 9.55. The summed E-state index contributed by atoms with van der Waals surface area (Å²) in [5, 5.41) is 8.75. The zero-order valence-electron chi connectivity index (χ0n) is 12.4. The molecule has 0 radical (unpaired) electrons. The summed E-state index contributed by atoms with van der Waals surface area (Å²) in [7, 11) is 1.60. The van der Waals surface area contributed by atoms with Gasteiger partial charge >= 0.3 is 0 Å². The van der Waals surface area contributed by atoms with Crippen LogP contribution in [0.4, 0.5) is 0 Å². The summed E-state index contributed by atoms with van der Waals surface area (Å²) in [5.41, 5.74) is 1.30. The number of amides is 2. The molecule has 0 aromatic heterocycles. The summed E-state index contributed by atoms with van der Waals surface area (Å²) in [4.78, 5) is 23.6. The number of carbonyl (C=O) groups excluding carboxylic acids is 2. The van der Waals surface area contributed by atoms with E-state index >= 15 is 0 Å².